The Kier molecular flexibility index (Phi) is 7.91. The molecule has 27 heavy (non-hydrogen) atoms. The molecule has 0 aliphatic heterocycles. The molecule has 0 spiro atoms. The molecule has 8 heteroatoms. The molecule has 0 saturated heterocycles. The minimum atomic E-state index is -0.694. The zero-order valence-electron chi connectivity index (χ0n) is 15.4. The van der Waals surface area contributed by atoms with Gasteiger partial charge in [-0.25, -0.2) is 0 Å². The Bertz CT molecular complexity index is 842. The molecule has 144 valence electrons. The molecule has 1 aromatic carbocycles. The van der Waals surface area contributed by atoms with Gasteiger partial charge in [-0.1, -0.05) is 17.8 Å². The van der Waals surface area contributed by atoms with Crippen molar-refractivity contribution in [3.63, 3.8) is 0 Å². The van der Waals surface area contributed by atoms with Gasteiger partial charge in [-0.3, -0.25) is 9.78 Å². The summed E-state index contributed by atoms with van der Waals surface area (Å²) in [4.78, 5) is 22.0. The highest BCUT2D eigenvalue weighted by Gasteiger charge is 2.26. The Morgan fingerprint density at radius 3 is 2.96 bits per heavy atom. The Balaban J connectivity index is 2.06. The van der Waals surface area contributed by atoms with E-state index in [2.05, 4.69) is 44.6 Å². The number of oxime groups is 1. The van der Waals surface area contributed by atoms with Gasteiger partial charge in [0.1, 0.15) is 12.4 Å². The zero-order valence-corrected chi connectivity index (χ0v) is 18.4. The van der Waals surface area contributed by atoms with Crippen LogP contribution in [0.2, 0.25) is 0 Å². The van der Waals surface area contributed by atoms with Crippen molar-refractivity contribution < 1.29 is 14.4 Å². The normalized spacial score (nSPS) is 12.7. The molecule has 1 atom stereocenters. The van der Waals surface area contributed by atoms with Crippen LogP contribution in [0.5, 0.6) is 5.75 Å². The van der Waals surface area contributed by atoms with Crippen LogP contribution in [0, 0.1) is 3.57 Å². The summed E-state index contributed by atoms with van der Waals surface area (Å²) in [5.41, 5.74) is -0.497. The number of benzene rings is 1. The van der Waals surface area contributed by atoms with Crippen LogP contribution < -0.4 is 10.1 Å². The number of thioether (sulfide) groups is 1. The first-order chi connectivity index (χ1) is 12.8. The summed E-state index contributed by atoms with van der Waals surface area (Å²) >= 11 is 3.53. The van der Waals surface area contributed by atoms with Crippen molar-refractivity contribution in [2.24, 2.45) is 5.16 Å². The number of hydrogen-bond donors (Lipinski definition) is 1. The molecule has 2 aromatic rings. The van der Waals surface area contributed by atoms with Crippen molar-refractivity contribution in [2.45, 2.75) is 24.8 Å². The van der Waals surface area contributed by atoms with E-state index in [0.29, 0.717) is 12.4 Å². The molecule has 1 heterocycles. The van der Waals surface area contributed by atoms with Crippen molar-refractivity contribution in [2.75, 3.05) is 12.9 Å². The van der Waals surface area contributed by atoms with Crippen molar-refractivity contribution in [1.82, 2.24) is 10.3 Å². The minimum Gasteiger partial charge on any atom is -0.470 e. The number of amides is 1. The second-order valence-corrected chi connectivity index (χ2v) is 8.37. The van der Waals surface area contributed by atoms with Gasteiger partial charge in [0, 0.05) is 15.2 Å². The van der Waals surface area contributed by atoms with E-state index < -0.39 is 11.0 Å². The van der Waals surface area contributed by atoms with Crippen LogP contribution in [0.4, 0.5) is 0 Å². The number of rotatable bonds is 9. The summed E-state index contributed by atoms with van der Waals surface area (Å²) in [6.07, 6.45) is 6.77. The largest absolute Gasteiger partial charge is 0.470 e. The number of carbonyl (C=O) groups is 1. The molecule has 0 bridgehead atoms. The quantitative estimate of drug-likeness (QED) is 0.141. The molecule has 0 fully saturated rings. The van der Waals surface area contributed by atoms with Crippen LogP contribution >= 0.6 is 34.4 Å². The summed E-state index contributed by atoms with van der Waals surface area (Å²) in [5.74, 6) is 0.366. The average Bonchev–Trinajstić information content (AvgIpc) is 2.62. The highest BCUT2D eigenvalue weighted by atomic mass is 127. The summed E-state index contributed by atoms with van der Waals surface area (Å²) in [7, 11) is 0. The number of halogens is 1. The van der Waals surface area contributed by atoms with Crippen molar-refractivity contribution in [1.29, 1.82) is 0 Å². The molecular formula is C19H22IN3O3S. The summed E-state index contributed by atoms with van der Waals surface area (Å²) < 4.78 is 6.93. The van der Waals surface area contributed by atoms with Crippen molar-refractivity contribution in [3.05, 3.63) is 46.7 Å². The van der Waals surface area contributed by atoms with E-state index in [1.165, 1.54) is 18.0 Å². The molecule has 0 aliphatic rings. The van der Waals surface area contributed by atoms with Crippen molar-refractivity contribution >= 4 is 57.4 Å². The van der Waals surface area contributed by atoms with Gasteiger partial charge in [-0.15, -0.1) is 11.8 Å². The van der Waals surface area contributed by atoms with Crippen LogP contribution in [0.3, 0.4) is 0 Å². The van der Waals surface area contributed by atoms with E-state index in [9.17, 15) is 4.79 Å². The molecule has 2 rings (SSSR count). The van der Waals surface area contributed by atoms with Gasteiger partial charge in [-0.05, 0) is 67.0 Å². The van der Waals surface area contributed by atoms with Gasteiger partial charge in [0.25, 0.3) is 5.91 Å². The van der Waals surface area contributed by atoms with E-state index in [1.807, 2.05) is 50.6 Å². The Labute approximate surface area is 176 Å². The molecule has 1 amide bonds. The third-order valence-corrected chi connectivity index (χ3v) is 4.71. The van der Waals surface area contributed by atoms with Gasteiger partial charge < -0.3 is 14.9 Å². The topological polar surface area (TPSA) is 72.8 Å². The van der Waals surface area contributed by atoms with Gasteiger partial charge >= 0.3 is 0 Å². The molecule has 0 saturated carbocycles. The van der Waals surface area contributed by atoms with Crippen LogP contribution in [-0.4, -0.2) is 40.9 Å². The maximum atomic E-state index is 12.6. The van der Waals surface area contributed by atoms with Crippen LogP contribution in [0.25, 0.3) is 10.9 Å². The fourth-order valence-electron chi connectivity index (χ4n) is 2.16. The predicted octanol–water partition coefficient (Wildman–Crippen LogP) is 3.99. The maximum Gasteiger partial charge on any atom is 0.272 e. The van der Waals surface area contributed by atoms with Gasteiger partial charge in [0.05, 0.1) is 17.3 Å². The van der Waals surface area contributed by atoms with Gasteiger partial charge in [-0.2, -0.15) is 0 Å². The van der Waals surface area contributed by atoms with E-state index in [0.717, 1.165) is 14.5 Å². The third kappa shape index (κ3) is 6.69. The van der Waals surface area contributed by atoms with Crippen LogP contribution in [0.15, 0.2) is 48.3 Å². The van der Waals surface area contributed by atoms with Gasteiger partial charge in [0.2, 0.25) is 5.44 Å². The molecule has 1 N–H and O–H groups in total. The van der Waals surface area contributed by atoms with Crippen LogP contribution in [0.1, 0.15) is 13.8 Å². The lowest BCUT2D eigenvalue weighted by Crippen LogP contribution is -2.49. The number of ether oxygens (including phenoxy) is 1. The molecule has 6 nitrogen and oxygen atoms in total. The van der Waals surface area contributed by atoms with E-state index in [-0.39, 0.29) is 5.91 Å². The predicted molar refractivity (Wildman–Crippen MR) is 119 cm³/mol. The maximum absolute atomic E-state index is 12.6. The number of aromatic nitrogens is 1. The Morgan fingerprint density at radius 2 is 2.26 bits per heavy atom. The first-order valence-electron chi connectivity index (χ1n) is 8.19. The molecule has 0 aliphatic carbocycles. The monoisotopic (exact) mass is 499 g/mol. The lowest BCUT2D eigenvalue weighted by atomic mass is 10.1. The second kappa shape index (κ2) is 9.93. The van der Waals surface area contributed by atoms with E-state index in [4.69, 9.17) is 9.57 Å². The smallest absolute Gasteiger partial charge is 0.272 e. The fraction of sp³-hybridized carbons (Fsp3) is 0.316. The van der Waals surface area contributed by atoms with Crippen LogP contribution in [-0.2, 0) is 9.63 Å². The summed E-state index contributed by atoms with van der Waals surface area (Å²) in [6, 6.07) is 7.60. The SMILES string of the molecule is C=CCON=CC(C)(C)NC(=O)C(Oc1ccc2ncc(I)cc2c1)SC. The van der Waals surface area contributed by atoms with Crippen molar-refractivity contribution in [3.8, 4) is 5.75 Å². The minimum absolute atomic E-state index is 0.247. The number of nitrogens with one attached hydrogen (secondary N) is 1. The first-order valence-corrected chi connectivity index (χ1v) is 10.6. The number of nitrogens with zero attached hydrogens (tertiary/aromatic N) is 2. The lowest BCUT2D eigenvalue weighted by Gasteiger charge is -2.24. The first kappa shape index (κ1) is 21.5. The summed E-state index contributed by atoms with van der Waals surface area (Å²) in [6.45, 7) is 7.51. The second-order valence-electron chi connectivity index (χ2n) is 6.22. The Hall–Kier alpha value is -1.81. The standard InChI is InChI=1S/C19H22IN3O3S/c1-5-8-25-22-12-19(2,3)23-17(24)18(27-4)26-15-6-7-16-13(10-15)9-14(20)11-21-16/h5-7,9-12,18H,1,8H2,2-4H3,(H,23,24). The lowest BCUT2D eigenvalue weighted by molar-refractivity contribution is -0.125. The number of fused-ring (bicyclic) bond motifs is 1. The van der Waals surface area contributed by atoms with E-state index in [1.54, 1.807) is 6.08 Å². The molecule has 1 aromatic heterocycles. The van der Waals surface area contributed by atoms with E-state index >= 15 is 0 Å². The molecular weight excluding hydrogens is 477 g/mol. The molecule has 0 radical (unpaired) electrons. The average molecular weight is 499 g/mol. The zero-order chi connectivity index (χ0) is 19.9. The summed E-state index contributed by atoms with van der Waals surface area (Å²) in [5, 5.41) is 7.69. The third-order valence-electron chi connectivity index (χ3n) is 3.38. The highest BCUT2D eigenvalue weighted by Crippen LogP contribution is 2.24. The highest BCUT2D eigenvalue weighted by molar-refractivity contribution is 14.1. The number of hydrogen-bond acceptors (Lipinski definition) is 6. The molecule has 1 unspecified atom stereocenters. The number of carbonyl (C=O) groups excluding carboxylic acids is 1. The fourth-order valence-corrected chi connectivity index (χ4v) is 3.12. The number of pyridine rings is 1. The van der Waals surface area contributed by atoms with Gasteiger partial charge in [0.15, 0.2) is 0 Å². The Morgan fingerprint density at radius 1 is 1.48 bits per heavy atom.